The molecule has 0 unspecified atom stereocenters. The summed E-state index contributed by atoms with van der Waals surface area (Å²) in [4.78, 5) is 31.9. The quantitative estimate of drug-likeness (QED) is 0.347. The van der Waals surface area contributed by atoms with E-state index >= 15 is 0 Å². The molecule has 7 nitrogen and oxygen atoms in total. The molecular formula is C22H20BrN5O2S. The van der Waals surface area contributed by atoms with Crippen molar-refractivity contribution in [1.29, 1.82) is 5.41 Å². The Bertz CT molecular complexity index is 1110. The highest BCUT2D eigenvalue weighted by molar-refractivity contribution is 9.10. The first-order valence-electron chi connectivity index (χ1n) is 9.77. The Morgan fingerprint density at radius 3 is 2.35 bits per heavy atom. The molecule has 3 N–H and O–H groups in total. The number of likely N-dealkylation sites (tertiary alicyclic amines) is 1. The average Bonchev–Trinajstić information content (AvgIpc) is 3.47. The van der Waals surface area contributed by atoms with Crippen LogP contribution in [0.2, 0.25) is 0 Å². The third-order valence-corrected chi connectivity index (χ3v) is 6.31. The maximum atomic E-state index is 12.7. The fourth-order valence-electron chi connectivity index (χ4n) is 3.30. The van der Waals surface area contributed by atoms with Gasteiger partial charge in [0, 0.05) is 34.9 Å². The van der Waals surface area contributed by atoms with E-state index in [4.69, 9.17) is 5.41 Å². The Hall–Kier alpha value is -3.04. The summed E-state index contributed by atoms with van der Waals surface area (Å²) in [7, 11) is 0. The van der Waals surface area contributed by atoms with Crippen LogP contribution in [0.15, 0.2) is 58.5 Å². The lowest BCUT2D eigenvalue weighted by atomic mass is 10.1. The van der Waals surface area contributed by atoms with Crippen molar-refractivity contribution in [3.63, 3.8) is 0 Å². The summed E-state index contributed by atoms with van der Waals surface area (Å²) in [6, 6.07) is 12.2. The van der Waals surface area contributed by atoms with Crippen LogP contribution in [-0.2, 0) is 0 Å². The van der Waals surface area contributed by atoms with Gasteiger partial charge in [-0.25, -0.2) is 4.98 Å². The number of aromatic nitrogens is 1. The number of nitrogens with one attached hydrogen (secondary N) is 3. The molecule has 0 atom stereocenters. The maximum Gasteiger partial charge on any atom is 0.269 e. The summed E-state index contributed by atoms with van der Waals surface area (Å²) in [6.45, 7) is 1.81. The van der Waals surface area contributed by atoms with Gasteiger partial charge in [0.05, 0.1) is 5.69 Å². The van der Waals surface area contributed by atoms with E-state index in [1.807, 2.05) is 4.90 Å². The van der Waals surface area contributed by atoms with Gasteiger partial charge in [-0.05, 0) is 64.5 Å². The second kappa shape index (κ2) is 9.40. The topological polar surface area (TPSA) is 98.2 Å². The summed E-state index contributed by atoms with van der Waals surface area (Å²) >= 11 is 4.55. The highest BCUT2D eigenvalue weighted by Gasteiger charge is 2.18. The number of halogens is 1. The van der Waals surface area contributed by atoms with Crippen LogP contribution in [0, 0.1) is 5.41 Å². The van der Waals surface area contributed by atoms with Crippen LogP contribution in [0.4, 0.5) is 11.5 Å². The van der Waals surface area contributed by atoms with Gasteiger partial charge in [0.15, 0.2) is 0 Å². The molecule has 4 rings (SSSR count). The van der Waals surface area contributed by atoms with Crippen molar-refractivity contribution in [2.75, 3.05) is 23.7 Å². The van der Waals surface area contributed by atoms with E-state index < -0.39 is 0 Å². The van der Waals surface area contributed by atoms with Crippen LogP contribution in [0.3, 0.4) is 0 Å². The smallest absolute Gasteiger partial charge is 0.269 e. The van der Waals surface area contributed by atoms with Crippen LogP contribution in [0.5, 0.6) is 0 Å². The van der Waals surface area contributed by atoms with Crippen LogP contribution in [-0.4, -0.2) is 40.6 Å². The molecule has 0 bridgehead atoms. The summed E-state index contributed by atoms with van der Waals surface area (Å²) in [5.41, 5.74) is 1.69. The third kappa shape index (κ3) is 5.00. The number of hydrogen-bond acceptors (Lipinski definition) is 5. The molecule has 1 aliphatic heterocycles. The van der Waals surface area contributed by atoms with Gasteiger partial charge in [0.1, 0.15) is 16.5 Å². The SMILES string of the molecule is N=C(c1ccc(C(=O)Nc2ccsc2C(=O)Nc2ccc(Br)cn2)cc1)N1CCCC1. The minimum Gasteiger partial charge on any atom is -0.357 e. The first-order chi connectivity index (χ1) is 15.0. The van der Waals surface area contributed by atoms with Crippen LogP contribution < -0.4 is 10.6 Å². The molecule has 0 aliphatic carbocycles. The Balaban J connectivity index is 1.42. The first-order valence-corrected chi connectivity index (χ1v) is 11.4. The normalized spacial score (nSPS) is 13.1. The number of rotatable bonds is 5. The minimum atomic E-state index is -0.338. The lowest BCUT2D eigenvalue weighted by Crippen LogP contribution is -2.27. The molecule has 1 aromatic carbocycles. The minimum absolute atomic E-state index is 0.312. The predicted octanol–water partition coefficient (Wildman–Crippen LogP) is 4.83. The van der Waals surface area contributed by atoms with E-state index in [0.29, 0.717) is 27.8 Å². The summed E-state index contributed by atoms with van der Waals surface area (Å²) in [5.74, 6) is 0.265. The molecule has 3 heterocycles. The fraction of sp³-hybridized carbons (Fsp3) is 0.182. The number of amidine groups is 1. The van der Waals surface area contributed by atoms with Crippen molar-refractivity contribution in [3.8, 4) is 0 Å². The zero-order valence-electron chi connectivity index (χ0n) is 16.5. The van der Waals surface area contributed by atoms with Gasteiger partial charge in [-0.15, -0.1) is 11.3 Å². The highest BCUT2D eigenvalue weighted by Crippen LogP contribution is 2.24. The van der Waals surface area contributed by atoms with Gasteiger partial charge >= 0.3 is 0 Å². The Morgan fingerprint density at radius 2 is 1.68 bits per heavy atom. The van der Waals surface area contributed by atoms with Crippen molar-refractivity contribution >= 4 is 56.4 Å². The van der Waals surface area contributed by atoms with Gasteiger partial charge in [-0.1, -0.05) is 12.1 Å². The predicted molar refractivity (Wildman–Crippen MR) is 126 cm³/mol. The zero-order chi connectivity index (χ0) is 21.8. The van der Waals surface area contributed by atoms with E-state index in [1.165, 1.54) is 11.3 Å². The number of carbonyl (C=O) groups excluding carboxylic acids is 2. The Labute approximate surface area is 192 Å². The second-order valence-electron chi connectivity index (χ2n) is 7.05. The number of anilines is 2. The van der Waals surface area contributed by atoms with Gasteiger partial charge in [0.2, 0.25) is 0 Å². The lowest BCUT2D eigenvalue weighted by Gasteiger charge is -2.18. The van der Waals surface area contributed by atoms with Crippen molar-refractivity contribution in [2.45, 2.75) is 12.8 Å². The number of pyridine rings is 1. The van der Waals surface area contributed by atoms with Crippen molar-refractivity contribution in [1.82, 2.24) is 9.88 Å². The van der Waals surface area contributed by atoms with Gasteiger partial charge in [-0.3, -0.25) is 15.0 Å². The maximum absolute atomic E-state index is 12.7. The van der Waals surface area contributed by atoms with Crippen molar-refractivity contribution in [3.05, 3.63) is 74.5 Å². The summed E-state index contributed by atoms with van der Waals surface area (Å²) < 4.78 is 0.816. The van der Waals surface area contributed by atoms with Crippen LogP contribution >= 0.6 is 27.3 Å². The zero-order valence-corrected chi connectivity index (χ0v) is 18.9. The molecule has 158 valence electrons. The van der Waals surface area contributed by atoms with Crippen LogP contribution in [0.1, 0.15) is 38.4 Å². The van der Waals surface area contributed by atoms with Gasteiger partial charge < -0.3 is 15.5 Å². The van der Waals surface area contributed by atoms with E-state index in [0.717, 1.165) is 36.0 Å². The number of benzene rings is 1. The molecule has 9 heteroatoms. The van der Waals surface area contributed by atoms with Gasteiger partial charge in [-0.2, -0.15) is 0 Å². The molecule has 1 saturated heterocycles. The number of nitrogens with zero attached hydrogens (tertiary/aromatic N) is 2. The van der Waals surface area contributed by atoms with E-state index in [1.54, 1.807) is 54.0 Å². The summed E-state index contributed by atoms with van der Waals surface area (Å²) in [6.07, 6.45) is 3.81. The molecule has 0 saturated carbocycles. The summed E-state index contributed by atoms with van der Waals surface area (Å²) in [5, 5.41) is 15.6. The second-order valence-corrected chi connectivity index (χ2v) is 8.89. The molecule has 31 heavy (non-hydrogen) atoms. The molecule has 0 spiro atoms. The number of carbonyl (C=O) groups is 2. The molecule has 1 fully saturated rings. The van der Waals surface area contributed by atoms with Crippen molar-refractivity contribution < 1.29 is 9.59 Å². The number of hydrogen-bond donors (Lipinski definition) is 3. The van der Waals surface area contributed by atoms with Crippen molar-refractivity contribution in [2.24, 2.45) is 0 Å². The fourth-order valence-corrected chi connectivity index (χ4v) is 4.28. The first kappa shape index (κ1) is 21.2. The van der Waals surface area contributed by atoms with Gasteiger partial charge in [0.25, 0.3) is 11.8 Å². The lowest BCUT2D eigenvalue weighted by molar-refractivity contribution is 0.102. The Morgan fingerprint density at radius 1 is 0.968 bits per heavy atom. The molecule has 3 aromatic rings. The van der Waals surface area contributed by atoms with E-state index in [2.05, 4.69) is 31.5 Å². The molecule has 2 aromatic heterocycles. The number of thiophene rings is 1. The third-order valence-electron chi connectivity index (χ3n) is 4.93. The van der Waals surface area contributed by atoms with E-state index in [-0.39, 0.29) is 11.8 Å². The largest absolute Gasteiger partial charge is 0.357 e. The molecule has 2 amide bonds. The highest BCUT2D eigenvalue weighted by atomic mass is 79.9. The molecular weight excluding hydrogens is 478 g/mol. The standard InChI is InChI=1S/C22H20BrN5O2S/c23-16-7-8-18(25-13-16)27-22(30)19-17(9-12-31-19)26-21(29)15-5-3-14(4-6-15)20(24)28-10-1-2-11-28/h3-9,12-13,24H,1-2,10-11H2,(H,26,29)(H,25,27,30). The molecule has 1 aliphatic rings. The Kier molecular flexibility index (Phi) is 6.43. The average molecular weight is 498 g/mol. The van der Waals surface area contributed by atoms with E-state index in [9.17, 15) is 9.59 Å². The molecule has 0 radical (unpaired) electrons. The monoisotopic (exact) mass is 497 g/mol. The number of amides is 2. The van der Waals surface area contributed by atoms with Crippen LogP contribution in [0.25, 0.3) is 0 Å².